The van der Waals surface area contributed by atoms with Crippen molar-refractivity contribution < 1.29 is 14.6 Å². The van der Waals surface area contributed by atoms with Crippen LogP contribution in [0.3, 0.4) is 0 Å². The minimum Gasteiger partial charge on any atom is -0.327 e. The summed E-state index contributed by atoms with van der Waals surface area (Å²) in [5.74, 6) is 0.981. The van der Waals surface area contributed by atoms with Gasteiger partial charge in [0.1, 0.15) is 5.69 Å². The minimum atomic E-state index is -0.542. The van der Waals surface area contributed by atoms with Gasteiger partial charge in [-0.1, -0.05) is 25.4 Å². The summed E-state index contributed by atoms with van der Waals surface area (Å²) in [5.41, 5.74) is 0.00753. The van der Waals surface area contributed by atoms with Crippen molar-refractivity contribution in [1.29, 1.82) is 0 Å². The number of amides is 1. The molecule has 1 aliphatic rings. The zero-order valence-electron chi connectivity index (χ0n) is 12.8. The van der Waals surface area contributed by atoms with Crippen molar-refractivity contribution in [3.8, 4) is 0 Å². The van der Waals surface area contributed by atoms with Crippen LogP contribution >= 0.6 is 11.6 Å². The van der Waals surface area contributed by atoms with Gasteiger partial charge in [-0.25, -0.2) is 0 Å². The molecule has 2 N–H and O–H groups in total. The molecule has 1 aliphatic heterocycles. The highest BCUT2D eigenvalue weighted by Gasteiger charge is 2.27. The maximum absolute atomic E-state index is 12.2. The summed E-state index contributed by atoms with van der Waals surface area (Å²) in [6.07, 6.45) is 1.19. The number of rotatable bonds is 4. The lowest BCUT2D eigenvalue weighted by Crippen LogP contribution is -3.15. The molecule has 0 aromatic heterocycles. The molecule has 0 aliphatic carbocycles. The van der Waals surface area contributed by atoms with Gasteiger partial charge in [0, 0.05) is 22.9 Å². The molecule has 0 spiro atoms. The summed E-state index contributed by atoms with van der Waals surface area (Å²) in [6, 6.07) is 4.24. The van der Waals surface area contributed by atoms with Gasteiger partial charge in [-0.3, -0.25) is 14.9 Å². The standard InChI is InChI=1S/C15H20ClN3O3/c1-10-5-11(2)8-18(7-10)9-15(20)17-13-4-3-12(16)6-14(13)19(21)22/h3-4,6,10-11H,5,7-9H2,1-2H3,(H,17,20)/p+1/t10-,11-/m1/s1. The number of benzene rings is 1. The molecule has 1 saturated heterocycles. The Balaban J connectivity index is 2.02. The van der Waals surface area contributed by atoms with Crippen molar-refractivity contribution >= 4 is 28.9 Å². The molecule has 0 unspecified atom stereocenters. The summed E-state index contributed by atoms with van der Waals surface area (Å²) in [6.45, 7) is 6.63. The highest BCUT2D eigenvalue weighted by molar-refractivity contribution is 6.31. The van der Waals surface area contributed by atoms with Gasteiger partial charge in [0.15, 0.2) is 6.54 Å². The van der Waals surface area contributed by atoms with Crippen LogP contribution in [-0.2, 0) is 4.79 Å². The van der Waals surface area contributed by atoms with Crippen LogP contribution in [0.25, 0.3) is 0 Å². The third-order valence-electron chi connectivity index (χ3n) is 3.92. The number of carbonyl (C=O) groups excluding carboxylic acids is 1. The number of quaternary nitrogens is 1. The zero-order valence-corrected chi connectivity index (χ0v) is 13.5. The lowest BCUT2D eigenvalue weighted by molar-refractivity contribution is -0.904. The van der Waals surface area contributed by atoms with Gasteiger partial charge in [-0.05, 0) is 18.6 Å². The van der Waals surface area contributed by atoms with Crippen LogP contribution in [0, 0.1) is 22.0 Å². The van der Waals surface area contributed by atoms with E-state index >= 15 is 0 Å². The molecule has 1 amide bonds. The first-order chi connectivity index (χ1) is 10.3. The Bertz CT molecular complexity index is 569. The number of hydrogen-bond acceptors (Lipinski definition) is 3. The lowest BCUT2D eigenvalue weighted by Gasteiger charge is -2.31. The quantitative estimate of drug-likeness (QED) is 0.653. The lowest BCUT2D eigenvalue weighted by atomic mass is 9.92. The van der Waals surface area contributed by atoms with E-state index in [2.05, 4.69) is 19.2 Å². The fourth-order valence-corrected chi connectivity index (χ4v) is 3.42. The van der Waals surface area contributed by atoms with Crippen molar-refractivity contribution in [1.82, 2.24) is 0 Å². The zero-order chi connectivity index (χ0) is 16.3. The van der Waals surface area contributed by atoms with Crippen LogP contribution in [0.5, 0.6) is 0 Å². The Morgan fingerprint density at radius 3 is 2.64 bits per heavy atom. The van der Waals surface area contributed by atoms with Crippen LogP contribution < -0.4 is 10.2 Å². The molecule has 1 fully saturated rings. The molecule has 7 heteroatoms. The van der Waals surface area contributed by atoms with Gasteiger partial charge >= 0.3 is 0 Å². The van der Waals surface area contributed by atoms with Crippen LogP contribution in [0.2, 0.25) is 5.02 Å². The third-order valence-corrected chi connectivity index (χ3v) is 4.16. The van der Waals surface area contributed by atoms with E-state index in [4.69, 9.17) is 11.6 Å². The summed E-state index contributed by atoms with van der Waals surface area (Å²) >= 11 is 5.76. The Kier molecular flexibility index (Phi) is 5.37. The first kappa shape index (κ1) is 16.7. The number of halogens is 1. The highest BCUT2D eigenvalue weighted by Crippen LogP contribution is 2.27. The van der Waals surface area contributed by atoms with Crippen LogP contribution in [0.15, 0.2) is 18.2 Å². The summed E-state index contributed by atoms with van der Waals surface area (Å²) in [4.78, 5) is 23.9. The number of anilines is 1. The predicted molar refractivity (Wildman–Crippen MR) is 85.2 cm³/mol. The maximum Gasteiger partial charge on any atom is 0.294 e. The van der Waals surface area contributed by atoms with E-state index in [9.17, 15) is 14.9 Å². The van der Waals surface area contributed by atoms with Crippen molar-refractivity contribution in [2.75, 3.05) is 25.0 Å². The monoisotopic (exact) mass is 326 g/mol. The van der Waals surface area contributed by atoms with Gasteiger partial charge in [0.2, 0.25) is 0 Å². The molecule has 2 atom stereocenters. The molecule has 22 heavy (non-hydrogen) atoms. The number of nitro groups is 1. The molecular formula is C15H21ClN3O3+. The number of nitro benzene ring substituents is 1. The van der Waals surface area contributed by atoms with Gasteiger partial charge in [0.05, 0.1) is 18.0 Å². The number of likely N-dealkylation sites (tertiary alicyclic amines) is 1. The van der Waals surface area contributed by atoms with Crippen LogP contribution in [0.4, 0.5) is 11.4 Å². The SMILES string of the molecule is C[C@@H]1C[C@@H](C)C[NH+](CC(=O)Nc2ccc(Cl)cc2[N+](=O)[O-])C1. The molecule has 6 nitrogen and oxygen atoms in total. The van der Waals surface area contributed by atoms with Gasteiger partial charge in [0.25, 0.3) is 11.6 Å². The summed E-state index contributed by atoms with van der Waals surface area (Å²) in [5, 5.41) is 13.9. The van der Waals surface area contributed by atoms with Crippen LogP contribution in [0.1, 0.15) is 20.3 Å². The van der Waals surface area contributed by atoms with E-state index in [0.29, 0.717) is 18.4 Å². The fourth-order valence-electron chi connectivity index (χ4n) is 3.25. The normalized spacial score (nSPS) is 24.8. The highest BCUT2D eigenvalue weighted by atomic mass is 35.5. The Morgan fingerprint density at radius 1 is 1.41 bits per heavy atom. The first-order valence-electron chi connectivity index (χ1n) is 7.42. The van der Waals surface area contributed by atoms with E-state index in [0.717, 1.165) is 13.1 Å². The van der Waals surface area contributed by atoms with E-state index in [1.54, 1.807) is 0 Å². The molecule has 0 radical (unpaired) electrons. The maximum atomic E-state index is 12.2. The smallest absolute Gasteiger partial charge is 0.294 e. The van der Waals surface area contributed by atoms with E-state index in [1.807, 2.05) is 0 Å². The van der Waals surface area contributed by atoms with E-state index < -0.39 is 4.92 Å². The van der Waals surface area contributed by atoms with Crippen molar-refractivity contribution in [2.45, 2.75) is 20.3 Å². The van der Waals surface area contributed by atoms with Crippen molar-refractivity contribution in [2.24, 2.45) is 11.8 Å². The fraction of sp³-hybridized carbons (Fsp3) is 0.533. The third kappa shape index (κ3) is 4.42. The number of carbonyl (C=O) groups is 1. The average Bonchev–Trinajstić information content (AvgIpc) is 2.39. The molecule has 1 heterocycles. The Labute approximate surface area is 134 Å². The van der Waals surface area contributed by atoms with Crippen molar-refractivity contribution in [3.63, 3.8) is 0 Å². The van der Waals surface area contributed by atoms with E-state index in [-0.39, 0.29) is 22.3 Å². The summed E-state index contributed by atoms with van der Waals surface area (Å²) in [7, 11) is 0. The molecule has 0 saturated carbocycles. The number of nitrogens with one attached hydrogen (secondary N) is 2. The predicted octanol–water partition coefficient (Wildman–Crippen LogP) is 1.75. The Morgan fingerprint density at radius 2 is 2.05 bits per heavy atom. The molecule has 120 valence electrons. The van der Waals surface area contributed by atoms with Gasteiger partial charge in [-0.2, -0.15) is 0 Å². The molecule has 1 aromatic rings. The van der Waals surface area contributed by atoms with Crippen LogP contribution in [-0.4, -0.2) is 30.5 Å². The summed E-state index contributed by atoms with van der Waals surface area (Å²) < 4.78 is 0. The first-order valence-corrected chi connectivity index (χ1v) is 7.80. The van der Waals surface area contributed by atoms with E-state index in [1.165, 1.54) is 29.5 Å². The largest absolute Gasteiger partial charge is 0.327 e. The number of hydrogen-bond donors (Lipinski definition) is 2. The number of nitrogens with zero attached hydrogens (tertiary/aromatic N) is 1. The van der Waals surface area contributed by atoms with Crippen molar-refractivity contribution in [3.05, 3.63) is 33.3 Å². The van der Waals surface area contributed by atoms with Gasteiger partial charge < -0.3 is 10.2 Å². The molecular weight excluding hydrogens is 306 g/mol. The second-order valence-corrected chi connectivity index (χ2v) is 6.68. The molecule has 1 aromatic carbocycles. The number of piperidine rings is 1. The second kappa shape index (κ2) is 7.07. The molecule has 2 rings (SSSR count). The minimum absolute atomic E-state index is 0.184. The van der Waals surface area contributed by atoms with Gasteiger partial charge in [-0.15, -0.1) is 0 Å². The topological polar surface area (TPSA) is 76.7 Å². The average molecular weight is 327 g/mol. The molecule has 0 bridgehead atoms. The second-order valence-electron chi connectivity index (χ2n) is 6.25. The Hall–Kier alpha value is -1.66.